The van der Waals surface area contributed by atoms with E-state index in [0.717, 1.165) is 43.5 Å². The van der Waals surface area contributed by atoms with Crippen LogP contribution in [0.3, 0.4) is 0 Å². The minimum Gasteiger partial charge on any atom is -0.455 e. The first kappa shape index (κ1) is 14.0. The van der Waals surface area contributed by atoms with Gasteiger partial charge in [0.25, 0.3) is 0 Å². The van der Waals surface area contributed by atoms with E-state index < -0.39 is 60.4 Å². The zero-order chi connectivity index (χ0) is 34.5. The van der Waals surface area contributed by atoms with Gasteiger partial charge in [0.15, 0.2) is 17.5 Å². The summed E-state index contributed by atoms with van der Waals surface area (Å²) in [5.74, 6) is -0.628. The van der Waals surface area contributed by atoms with E-state index in [4.69, 9.17) is 18.1 Å². The predicted octanol–water partition coefficient (Wildman–Crippen LogP) is 9.08. The Labute approximate surface area is 238 Å². The van der Waals surface area contributed by atoms with E-state index in [2.05, 4.69) is 15.0 Å². The molecule has 0 aliphatic carbocycles. The molecule has 0 amide bonds. The molecule has 0 aliphatic rings. The third kappa shape index (κ3) is 3.50. The Morgan fingerprint density at radius 2 is 1.05 bits per heavy atom. The minimum atomic E-state index is -0.601. The maximum Gasteiger partial charge on any atom is 0.164 e. The molecule has 0 saturated heterocycles. The monoisotopic (exact) mass is 509 g/mol. The molecule has 0 atom stereocenters. The van der Waals surface area contributed by atoms with Crippen molar-refractivity contribution in [3.8, 4) is 34.2 Å². The zero-order valence-corrected chi connectivity index (χ0v) is 20.1. The van der Waals surface area contributed by atoms with E-state index >= 15 is 0 Å². The van der Waals surface area contributed by atoms with E-state index in [1.807, 2.05) is 60.7 Å². The minimum absolute atomic E-state index is 0.00162. The van der Waals surface area contributed by atoms with Crippen LogP contribution in [0.4, 0.5) is 0 Å². The molecule has 2 heterocycles. The highest BCUT2D eigenvalue weighted by Gasteiger charge is 2.17. The summed E-state index contributed by atoms with van der Waals surface area (Å²) in [5, 5.41) is 5.36. The lowest BCUT2D eigenvalue weighted by Crippen LogP contribution is -2.00. The average molecular weight is 510 g/mol. The molecule has 8 aromatic rings. The molecule has 2 aromatic heterocycles. The Morgan fingerprint density at radius 3 is 1.72 bits per heavy atom. The van der Waals surface area contributed by atoms with Gasteiger partial charge in [-0.05, 0) is 28.3 Å². The second-order valence-electron chi connectivity index (χ2n) is 8.91. The first-order chi connectivity index (χ1) is 23.5. The third-order valence-electron chi connectivity index (χ3n) is 6.69. The van der Waals surface area contributed by atoms with Crippen molar-refractivity contribution in [3.05, 3.63) is 127 Å². The van der Waals surface area contributed by atoms with Gasteiger partial charge in [-0.25, -0.2) is 15.0 Å². The number of hydrogen-bond donors (Lipinski definition) is 0. The van der Waals surface area contributed by atoms with Crippen LogP contribution in [0.25, 0.3) is 77.6 Å². The molecular formula is C35H21N3O. The molecule has 0 fully saturated rings. The molecule has 0 bridgehead atoms. The van der Waals surface area contributed by atoms with Crippen LogP contribution >= 0.6 is 0 Å². The normalized spacial score (nSPS) is 15.2. The fourth-order valence-corrected chi connectivity index (χ4v) is 4.99. The summed E-state index contributed by atoms with van der Waals surface area (Å²) in [6.45, 7) is 0. The summed E-state index contributed by atoms with van der Waals surface area (Å²) in [6, 6.07) is 15.2. The number of furan rings is 1. The SMILES string of the molecule is [2H]c1c([2H])c([2H])c(-c2nc(-c3ccc4c(c3)c3ccccc3c3oc5ccccc5c43)nc(-c3c([2H])c([2H])c([2H])c([2H])c3[2H])n2)c([2H])c1[2H]. The topological polar surface area (TPSA) is 51.8 Å². The smallest absolute Gasteiger partial charge is 0.164 e. The Hall–Kier alpha value is -5.35. The van der Waals surface area contributed by atoms with Crippen LogP contribution in [-0.4, -0.2) is 15.0 Å². The second-order valence-corrected chi connectivity index (χ2v) is 8.91. The summed E-state index contributed by atoms with van der Waals surface area (Å²) < 4.78 is 89.7. The van der Waals surface area contributed by atoms with Crippen molar-refractivity contribution >= 4 is 43.5 Å². The molecule has 0 radical (unpaired) electrons. The van der Waals surface area contributed by atoms with E-state index in [1.165, 1.54) is 0 Å². The molecule has 4 nitrogen and oxygen atoms in total. The van der Waals surface area contributed by atoms with Crippen molar-refractivity contribution in [2.45, 2.75) is 0 Å². The van der Waals surface area contributed by atoms with Crippen LogP contribution < -0.4 is 0 Å². The van der Waals surface area contributed by atoms with Gasteiger partial charge in [0, 0.05) is 32.8 Å². The highest BCUT2D eigenvalue weighted by molar-refractivity contribution is 6.30. The molecule has 4 heteroatoms. The number of benzene rings is 6. The van der Waals surface area contributed by atoms with Gasteiger partial charge in [-0.1, -0.05) is 115 Å². The lowest BCUT2D eigenvalue weighted by molar-refractivity contribution is 0.673. The van der Waals surface area contributed by atoms with Crippen LogP contribution in [-0.2, 0) is 0 Å². The maximum atomic E-state index is 8.59. The number of para-hydroxylation sites is 1. The van der Waals surface area contributed by atoms with Crippen molar-refractivity contribution in [1.82, 2.24) is 15.0 Å². The number of rotatable bonds is 3. The van der Waals surface area contributed by atoms with Crippen LogP contribution in [0, 0.1) is 0 Å². The predicted molar refractivity (Wildman–Crippen MR) is 158 cm³/mol. The highest BCUT2D eigenvalue weighted by atomic mass is 16.3. The van der Waals surface area contributed by atoms with Gasteiger partial charge in [0.2, 0.25) is 0 Å². The van der Waals surface area contributed by atoms with Gasteiger partial charge in [0.05, 0.1) is 13.7 Å². The number of hydrogen-bond acceptors (Lipinski definition) is 4. The van der Waals surface area contributed by atoms with Crippen molar-refractivity contribution in [2.75, 3.05) is 0 Å². The number of aromatic nitrogens is 3. The summed E-state index contributed by atoms with van der Waals surface area (Å²) in [6.07, 6.45) is 0. The first-order valence-corrected chi connectivity index (χ1v) is 12.1. The third-order valence-corrected chi connectivity index (χ3v) is 6.69. The summed E-state index contributed by atoms with van der Waals surface area (Å²) in [7, 11) is 0. The van der Waals surface area contributed by atoms with Crippen molar-refractivity contribution in [2.24, 2.45) is 0 Å². The Bertz CT molecular complexity index is 2600. The number of fused-ring (bicyclic) bond motifs is 8. The van der Waals surface area contributed by atoms with Crippen LogP contribution in [0.15, 0.2) is 132 Å². The second kappa shape index (κ2) is 8.61. The number of nitrogens with zero attached hydrogens (tertiary/aromatic N) is 3. The van der Waals surface area contributed by atoms with Gasteiger partial charge in [0.1, 0.15) is 11.2 Å². The molecule has 6 aromatic carbocycles. The molecule has 8 rings (SSSR count). The van der Waals surface area contributed by atoms with Crippen molar-refractivity contribution < 1.29 is 18.1 Å². The summed E-state index contributed by atoms with van der Waals surface area (Å²) >= 11 is 0. The van der Waals surface area contributed by atoms with Crippen molar-refractivity contribution in [1.29, 1.82) is 0 Å². The highest BCUT2D eigenvalue weighted by Crippen LogP contribution is 2.41. The van der Waals surface area contributed by atoms with E-state index in [1.54, 1.807) is 6.07 Å². The average Bonchev–Trinajstić information content (AvgIpc) is 3.52. The van der Waals surface area contributed by atoms with E-state index in [0.29, 0.717) is 5.56 Å². The summed E-state index contributed by atoms with van der Waals surface area (Å²) in [5.41, 5.74) is 1.30. The van der Waals surface area contributed by atoms with E-state index in [-0.39, 0.29) is 28.6 Å². The van der Waals surface area contributed by atoms with Crippen LogP contribution in [0.2, 0.25) is 0 Å². The van der Waals surface area contributed by atoms with Gasteiger partial charge in [-0.2, -0.15) is 0 Å². The lowest BCUT2D eigenvalue weighted by atomic mass is 9.95. The first-order valence-electron chi connectivity index (χ1n) is 17.1. The van der Waals surface area contributed by atoms with E-state index in [9.17, 15) is 0 Å². The Morgan fingerprint density at radius 1 is 0.487 bits per heavy atom. The lowest BCUT2D eigenvalue weighted by Gasteiger charge is -2.11. The molecule has 182 valence electrons. The van der Waals surface area contributed by atoms with Gasteiger partial charge in [-0.3, -0.25) is 0 Å². The fourth-order valence-electron chi connectivity index (χ4n) is 4.99. The molecule has 0 saturated carbocycles. The van der Waals surface area contributed by atoms with Gasteiger partial charge in [-0.15, -0.1) is 0 Å². The molecule has 0 unspecified atom stereocenters. The molecular weight excluding hydrogens is 478 g/mol. The zero-order valence-electron chi connectivity index (χ0n) is 30.1. The van der Waals surface area contributed by atoms with Crippen LogP contribution in [0.1, 0.15) is 13.7 Å². The maximum absolute atomic E-state index is 8.59. The molecule has 0 aliphatic heterocycles. The van der Waals surface area contributed by atoms with Crippen LogP contribution in [0.5, 0.6) is 0 Å². The molecule has 0 N–H and O–H groups in total. The Balaban J connectivity index is 1.47. The quantitative estimate of drug-likeness (QED) is 0.223. The van der Waals surface area contributed by atoms with Gasteiger partial charge < -0.3 is 4.42 Å². The summed E-state index contributed by atoms with van der Waals surface area (Å²) in [4.78, 5) is 13.5. The largest absolute Gasteiger partial charge is 0.455 e. The van der Waals surface area contributed by atoms with Gasteiger partial charge >= 0.3 is 0 Å². The molecule has 39 heavy (non-hydrogen) atoms. The van der Waals surface area contributed by atoms with Crippen molar-refractivity contribution in [3.63, 3.8) is 0 Å². The Kier molecular flexibility index (Phi) is 3.09. The molecule has 0 spiro atoms. The standard InChI is InChI=1S/C35H21N3O/c1-3-11-22(12-4-1)33-36-34(23-13-5-2-6-14-23)38-35(37-33)24-19-20-26-29(21-24)25-15-7-8-16-27(25)32-31(26)28-17-9-10-18-30(28)39-32/h1-21H/i1D,2D,3D,4D,5D,6D,11D,12D,13D,14D. The fraction of sp³-hybridized carbons (Fsp3) is 0.